The van der Waals surface area contributed by atoms with E-state index < -0.39 is 0 Å². The van der Waals surface area contributed by atoms with Gasteiger partial charge in [-0.05, 0) is 59.0 Å². The molecule has 1 aromatic heterocycles. The number of ether oxygens (including phenoxy) is 2. The maximum atomic E-state index is 12.5. The van der Waals surface area contributed by atoms with Gasteiger partial charge in [-0.2, -0.15) is 0 Å². The van der Waals surface area contributed by atoms with Crippen molar-refractivity contribution in [2.45, 2.75) is 0 Å². The fourth-order valence-corrected chi connectivity index (χ4v) is 2.92. The lowest BCUT2D eigenvalue weighted by atomic mass is 10.1. The summed E-state index contributed by atoms with van der Waals surface area (Å²) in [6, 6.07) is 12.6. The molecule has 0 aliphatic heterocycles. The molecule has 112 valence electrons. The fourth-order valence-electron chi connectivity index (χ4n) is 2.21. The Bertz CT molecular complexity index is 882. The molecule has 0 aliphatic rings. The van der Waals surface area contributed by atoms with Crippen LogP contribution in [-0.2, 0) is 0 Å². The van der Waals surface area contributed by atoms with Gasteiger partial charge in [-0.25, -0.2) is 0 Å². The van der Waals surface area contributed by atoms with Crippen LogP contribution in [0.4, 0.5) is 0 Å². The highest BCUT2D eigenvalue weighted by atomic mass is 127. The maximum absolute atomic E-state index is 12.5. The van der Waals surface area contributed by atoms with Crippen molar-refractivity contribution in [3.8, 4) is 22.8 Å². The van der Waals surface area contributed by atoms with Crippen LogP contribution in [0.15, 0.2) is 51.7 Å². The van der Waals surface area contributed by atoms with E-state index in [0.717, 1.165) is 11.3 Å². The molecule has 3 rings (SSSR count). The normalized spacial score (nSPS) is 10.7. The summed E-state index contributed by atoms with van der Waals surface area (Å²) in [7, 11) is 3.19. The molecule has 0 N–H and O–H groups in total. The SMILES string of the molecule is COc1ccc(-c2oc3cc(OC)ccc3c(=O)c2I)cc1. The number of halogens is 1. The molecule has 0 bridgehead atoms. The molecule has 0 amide bonds. The van der Waals surface area contributed by atoms with Gasteiger partial charge in [0, 0.05) is 11.6 Å². The predicted molar refractivity (Wildman–Crippen MR) is 93.7 cm³/mol. The predicted octanol–water partition coefficient (Wildman–Crippen LogP) is 4.08. The molecule has 0 aliphatic carbocycles. The van der Waals surface area contributed by atoms with Gasteiger partial charge in [-0.15, -0.1) is 0 Å². The smallest absolute Gasteiger partial charge is 0.206 e. The van der Waals surface area contributed by atoms with Gasteiger partial charge in [0.25, 0.3) is 0 Å². The zero-order valence-electron chi connectivity index (χ0n) is 12.1. The number of methoxy groups -OCH3 is 2. The third kappa shape index (κ3) is 2.56. The number of fused-ring (bicyclic) bond motifs is 1. The molecule has 4 nitrogen and oxygen atoms in total. The van der Waals surface area contributed by atoms with Crippen LogP contribution in [-0.4, -0.2) is 14.2 Å². The van der Waals surface area contributed by atoms with Crippen LogP contribution in [0.1, 0.15) is 0 Å². The minimum absolute atomic E-state index is 0.0460. The van der Waals surface area contributed by atoms with E-state index in [2.05, 4.69) is 0 Å². The fraction of sp³-hybridized carbons (Fsp3) is 0.118. The Morgan fingerprint density at radius 2 is 1.59 bits per heavy atom. The van der Waals surface area contributed by atoms with E-state index in [-0.39, 0.29) is 5.43 Å². The van der Waals surface area contributed by atoms with Crippen molar-refractivity contribution in [2.75, 3.05) is 14.2 Å². The van der Waals surface area contributed by atoms with E-state index in [9.17, 15) is 4.79 Å². The molecule has 0 unspecified atom stereocenters. The van der Waals surface area contributed by atoms with Crippen molar-refractivity contribution < 1.29 is 13.9 Å². The van der Waals surface area contributed by atoms with Gasteiger partial charge in [0.2, 0.25) is 5.43 Å². The van der Waals surface area contributed by atoms with Crippen molar-refractivity contribution in [1.29, 1.82) is 0 Å². The molecule has 2 aromatic carbocycles. The minimum atomic E-state index is -0.0460. The Labute approximate surface area is 140 Å². The molecule has 0 atom stereocenters. The first-order valence-corrected chi connectivity index (χ1v) is 7.66. The quantitative estimate of drug-likeness (QED) is 0.613. The summed E-state index contributed by atoms with van der Waals surface area (Å²) in [5.74, 6) is 1.95. The lowest BCUT2D eigenvalue weighted by Crippen LogP contribution is -2.07. The molecule has 0 spiro atoms. The largest absolute Gasteiger partial charge is 0.497 e. The summed E-state index contributed by atoms with van der Waals surface area (Å²) >= 11 is 2.02. The van der Waals surface area contributed by atoms with Crippen LogP contribution >= 0.6 is 22.6 Å². The van der Waals surface area contributed by atoms with Crippen molar-refractivity contribution >= 4 is 33.6 Å². The lowest BCUT2D eigenvalue weighted by Gasteiger charge is -2.08. The van der Waals surface area contributed by atoms with Crippen LogP contribution in [0.3, 0.4) is 0 Å². The van der Waals surface area contributed by atoms with Gasteiger partial charge in [-0.3, -0.25) is 4.79 Å². The molecule has 3 aromatic rings. The van der Waals surface area contributed by atoms with Crippen LogP contribution in [0.25, 0.3) is 22.3 Å². The van der Waals surface area contributed by atoms with Crippen molar-refractivity contribution in [3.05, 3.63) is 56.3 Å². The molecule has 0 saturated carbocycles. The minimum Gasteiger partial charge on any atom is -0.497 e. The van der Waals surface area contributed by atoms with E-state index in [1.165, 1.54) is 0 Å². The average molecular weight is 408 g/mol. The van der Waals surface area contributed by atoms with Crippen LogP contribution in [0, 0.1) is 3.57 Å². The Morgan fingerprint density at radius 3 is 2.23 bits per heavy atom. The van der Waals surface area contributed by atoms with Crippen LogP contribution in [0.2, 0.25) is 0 Å². The van der Waals surface area contributed by atoms with Gasteiger partial charge >= 0.3 is 0 Å². The van der Waals surface area contributed by atoms with Crippen molar-refractivity contribution in [1.82, 2.24) is 0 Å². The summed E-state index contributed by atoms with van der Waals surface area (Å²) in [5.41, 5.74) is 1.29. The summed E-state index contributed by atoms with van der Waals surface area (Å²) < 4.78 is 16.8. The summed E-state index contributed by atoms with van der Waals surface area (Å²) in [6.45, 7) is 0. The van der Waals surface area contributed by atoms with Gasteiger partial charge < -0.3 is 13.9 Å². The molecular weight excluding hydrogens is 395 g/mol. The molecular formula is C17H13IO4. The van der Waals surface area contributed by atoms with Gasteiger partial charge in [-0.1, -0.05) is 0 Å². The number of hydrogen-bond donors (Lipinski definition) is 0. The second-order valence-electron chi connectivity index (χ2n) is 4.66. The third-order valence-electron chi connectivity index (χ3n) is 3.40. The van der Waals surface area contributed by atoms with Gasteiger partial charge in [0.1, 0.15) is 20.7 Å². The molecule has 0 saturated heterocycles. The average Bonchev–Trinajstić information content (AvgIpc) is 2.57. The van der Waals surface area contributed by atoms with Gasteiger partial charge in [0.05, 0.1) is 19.6 Å². The monoisotopic (exact) mass is 408 g/mol. The van der Waals surface area contributed by atoms with Crippen molar-refractivity contribution in [2.24, 2.45) is 0 Å². The first kappa shape index (κ1) is 14.9. The lowest BCUT2D eigenvalue weighted by molar-refractivity contribution is 0.414. The zero-order chi connectivity index (χ0) is 15.7. The second kappa shape index (κ2) is 6.00. The number of hydrogen-bond acceptors (Lipinski definition) is 4. The zero-order valence-corrected chi connectivity index (χ0v) is 14.2. The highest BCUT2D eigenvalue weighted by molar-refractivity contribution is 14.1. The topological polar surface area (TPSA) is 48.7 Å². The standard InChI is InChI=1S/C17H13IO4/c1-20-11-5-3-10(4-6-11)17-15(18)16(19)13-8-7-12(21-2)9-14(13)22-17/h3-9H,1-2H3. The van der Waals surface area contributed by atoms with E-state index in [1.807, 2.05) is 46.9 Å². The summed E-state index contributed by atoms with van der Waals surface area (Å²) in [5, 5.41) is 0.544. The van der Waals surface area contributed by atoms with E-state index in [1.54, 1.807) is 32.4 Å². The Kier molecular flexibility index (Phi) is 4.06. The number of benzene rings is 2. The Balaban J connectivity index is 2.24. The molecule has 0 radical (unpaired) electrons. The van der Waals surface area contributed by atoms with Crippen LogP contribution in [0.5, 0.6) is 11.5 Å². The maximum Gasteiger partial charge on any atom is 0.206 e. The summed E-state index contributed by atoms with van der Waals surface area (Å²) in [4.78, 5) is 12.5. The Morgan fingerprint density at radius 1 is 0.955 bits per heavy atom. The highest BCUT2D eigenvalue weighted by Gasteiger charge is 2.14. The molecule has 5 heteroatoms. The van der Waals surface area contributed by atoms with E-state index >= 15 is 0 Å². The Hall–Kier alpha value is -2.02. The highest BCUT2D eigenvalue weighted by Crippen LogP contribution is 2.29. The molecule has 22 heavy (non-hydrogen) atoms. The van der Waals surface area contributed by atoms with Gasteiger partial charge in [0.15, 0.2) is 5.76 Å². The van der Waals surface area contributed by atoms with Crippen LogP contribution < -0.4 is 14.9 Å². The first-order chi connectivity index (χ1) is 10.6. The first-order valence-electron chi connectivity index (χ1n) is 6.59. The third-order valence-corrected chi connectivity index (χ3v) is 4.38. The van der Waals surface area contributed by atoms with E-state index in [4.69, 9.17) is 13.9 Å². The number of rotatable bonds is 3. The molecule has 1 heterocycles. The van der Waals surface area contributed by atoms with Crippen molar-refractivity contribution in [3.63, 3.8) is 0 Å². The van der Waals surface area contributed by atoms with E-state index in [0.29, 0.717) is 26.0 Å². The molecule has 0 fully saturated rings. The second-order valence-corrected chi connectivity index (χ2v) is 5.74. The summed E-state index contributed by atoms with van der Waals surface area (Å²) in [6.07, 6.45) is 0.